The second-order valence-corrected chi connectivity index (χ2v) is 2.60. The topological polar surface area (TPSA) is 37.3 Å². The second-order valence-electron chi connectivity index (χ2n) is 2.60. The van der Waals surface area contributed by atoms with E-state index in [-0.39, 0.29) is 5.78 Å². The Labute approximate surface area is 62.2 Å². The SMILES string of the molecule is CCCCCC(=O)[C@H](C)O. The van der Waals surface area contributed by atoms with Gasteiger partial charge in [-0.15, -0.1) is 0 Å². The summed E-state index contributed by atoms with van der Waals surface area (Å²) >= 11 is 0. The molecule has 1 atom stereocenters. The summed E-state index contributed by atoms with van der Waals surface area (Å²) in [5, 5.41) is 8.77. The van der Waals surface area contributed by atoms with E-state index in [1.54, 1.807) is 0 Å². The normalized spacial score (nSPS) is 13.1. The monoisotopic (exact) mass is 144 g/mol. The number of ketones is 1. The Hall–Kier alpha value is -0.370. The van der Waals surface area contributed by atoms with Gasteiger partial charge in [0.2, 0.25) is 0 Å². The third kappa shape index (κ3) is 4.50. The molecule has 0 spiro atoms. The highest BCUT2D eigenvalue weighted by atomic mass is 16.3. The van der Waals surface area contributed by atoms with Crippen LogP contribution in [0.25, 0.3) is 0 Å². The molecule has 0 aromatic heterocycles. The third-order valence-corrected chi connectivity index (χ3v) is 1.49. The minimum Gasteiger partial charge on any atom is -0.386 e. The maximum absolute atomic E-state index is 10.8. The number of aliphatic hydroxyl groups excluding tert-OH is 1. The van der Waals surface area contributed by atoms with E-state index < -0.39 is 6.10 Å². The highest BCUT2D eigenvalue weighted by molar-refractivity contribution is 5.82. The van der Waals surface area contributed by atoms with E-state index in [1.165, 1.54) is 6.92 Å². The Kier molecular flexibility index (Phi) is 5.22. The molecule has 0 rings (SSSR count). The lowest BCUT2D eigenvalue weighted by Crippen LogP contribution is -2.15. The molecule has 1 N–H and O–H groups in total. The van der Waals surface area contributed by atoms with Gasteiger partial charge in [0, 0.05) is 6.42 Å². The summed E-state index contributed by atoms with van der Waals surface area (Å²) in [5.74, 6) is -0.0338. The van der Waals surface area contributed by atoms with E-state index in [9.17, 15) is 4.79 Å². The number of rotatable bonds is 5. The summed E-state index contributed by atoms with van der Waals surface area (Å²) in [6.07, 6.45) is 2.88. The van der Waals surface area contributed by atoms with Gasteiger partial charge in [-0.25, -0.2) is 0 Å². The molecule has 0 aliphatic heterocycles. The number of hydrogen-bond donors (Lipinski definition) is 1. The first-order valence-corrected chi connectivity index (χ1v) is 3.89. The van der Waals surface area contributed by atoms with Gasteiger partial charge < -0.3 is 5.11 Å². The van der Waals surface area contributed by atoms with Crippen molar-refractivity contribution in [3.05, 3.63) is 0 Å². The fraction of sp³-hybridized carbons (Fsp3) is 0.875. The smallest absolute Gasteiger partial charge is 0.160 e. The van der Waals surface area contributed by atoms with Crippen LogP contribution >= 0.6 is 0 Å². The first-order chi connectivity index (χ1) is 4.68. The minimum atomic E-state index is -0.767. The van der Waals surface area contributed by atoms with Crippen LogP contribution in [0.2, 0.25) is 0 Å². The standard InChI is InChI=1S/C8H16O2/c1-3-4-5-6-8(10)7(2)9/h7,9H,3-6H2,1-2H3/t7-/m0/s1. The molecule has 0 unspecified atom stereocenters. The van der Waals surface area contributed by atoms with E-state index in [0.29, 0.717) is 6.42 Å². The van der Waals surface area contributed by atoms with E-state index >= 15 is 0 Å². The average Bonchev–Trinajstić information content (AvgIpc) is 1.88. The first-order valence-electron chi connectivity index (χ1n) is 3.89. The quantitative estimate of drug-likeness (QED) is 0.594. The molecular formula is C8H16O2. The fourth-order valence-electron chi connectivity index (χ4n) is 0.758. The summed E-state index contributed by atoms with van der Waals surface area (Å²) in [6.45, 7) is 3.61. The largest absolute Gasteiger partial charge is 0.386 e. The first kappa shape index (κ1) is 9.63. The Morgan fingerprint density at radius 3 is 2.50 bits per heavy atom. The number of carbonyl (C=O) groups is 1. The number of aliphatic hydroxyl groups is 1. The Bertz CT molecular complexity index is 97.4. The van der Waals surface area contributed by atoms with E-state index in [1.807, 2.05) is 0 Å². The number of Topliss-reactive ketones (excluding diaryl/α,β-unsaturated/α-hetero) is 1. The molecular weight excluding hydrogens is 128 g/mol. The number of hydrogen-bond acceptors (Lipinski definition) is 2. The lowest BCUT2D eigenvalue weighted by Gasteiger charge is -2.00. The van der Waals surface area contributed by atoms with Gasteiger partial charge in [0.25, 0.3) is 0 Å². The minimum absolute atomic E-state index is 0.0338. The molecule has 2 heteroatoms. The van der Waals surface area contributed by atoms with E-state index in [2.05, 4.69) is 6.92 Å². The van der Waals surface area contributed by atoms with Crippen molar-refractivity contribution in [1.82, 2.24) is 0 Å². The summed E-state index contributed by atoms with van der Waals surface area (Å²) in [6, 6.07) is 0. The number of unbranched alkanes of at least 4 members (excludes halogenated alkanes) is 2. The van der Waals surface area contributed by atoms with Crippen LogP contribution in [0, 0.1) is 0 Å². The van der Waals surface area contributed by atoms with Gasteiger partial charge in [-0.1, -0.05) is 19.8 Å². The van der Waals surface area contributed by atoms with Crippen LogP contribution in [-0.4, -0.2) is 17.0 Å². The van der Waals surface area contributed by atoms with Gasteiger partial charge in [0.05, 0.1) is 0 Å². The Morgan fingerprint density at radius 1 is 1.50 bits per heavy atom. The van der Waals surface area contributed by atoms with Gasteiger partial charge in [-0.05, 0) is 13.3 Å². The molecule has 0 fully saturated rings. The Balaban J connectivity index is 3.22. The van der Waals surface area contributed by atoms with Crippen molar-refractivity contribution in [2.24, 2.45) is 0 Å². The van der Waals surface area contributed by atoms with Crippen molar-refractivity contribution in [3.63, 3.8) is 0 Å². The fourth-order valence-corrected chi connectivity index (χ4v) is 0.758. The van der Waals surface area contributed by atoms with Crippen LogP contribution in [0.15, 0.2) is 0 Å². The van der Waals surface area contributed by atoms with Gasteiger partial charge in [0.15, 0.2) is 5.78 Å². The molecule has 0 amide bonds. The highest BCUT2D eigenvalue weighted by Crippen LogP contribution is 2.01. The second kappa shape index (κ2) is 5.42. The molecule has 0 aliphatic rings. The molecule has 0 aromatic rings. The van der Waals surface area contributed by atoms with Crippen LogP contribution < -0.4 is 0 Å². The molecule has 10 heavy (non-hydrogen) atoms. The summed E-state index contributed by atoms with van der Waals surface area (Å²) in [5.41, 5.74) is 0. The zero-order valence-corrected chi connectivity index (χ0v) is 6.76. The third-order valence-electron chi connectivity index (χ3n) is 1.49. The molecule has 0 saturated heterocycles. The molecule has 0 aliphatic carbocycles. The predicted molar refractivity (Wildman–Crippen MR) is 40.8 cm³/mol. The molecule has 0 saturated carbocycles. The molecule has 0 heterocycles. The van der Waals surface area contributed by atoms with Crippen molar-refractivity contribution < 1.29 is 9.90 Å². The summed E-state index contributed by atoms with van der Waals surface area (Å²) in [7, 11) is 0. The van der Waals surface area contributed by atoms with E-state index in [0.717, 1.165) is 19.3 Å². The van der Waals surface area contributed by atoms with E-state index in [4.69, 9.17) is 5.11 Å². The Morgan fingerprint density at radius 2 is 2.10 bits per heavy atom. The lowest BCUT2D eigenvalue weighted by atomic mass is 10.1. The van der Waals surface area contributed by atoms with Crippen LogP contribution in [0.1, 0.15) is 39.5 Å². The maximum Gasteiger partial charge on any atom is 0.160 e. The number of carbonyl (C=O) groups excluding carboxylic acids is 1. The van der Waals surface area contributed by atoms with Gasteiger partial charge in [-0.2, -0.15) is 0 Å². The van der Waals surface area contributed by atoms with Gasteiger partial charge in [-0.3, -0.25) is 4.79 Å². The van der Waals surface area contributed by atoms with Crippen LogP contribution in [0.5, 0.6) is 0 Å². The van der Waals surface area contributed by atoms with Crippen molar-refractivity contribution in [2.45, 2.75) is 45.6 Å². The molecule has 0 aromatic carbocycles. The molecule has 2 nitrogen and oxygen atoms in total. The highest BCUT2D eigenvalue weighted by Gasteiger charge is 2.06. The van der Waals surface area contributed by atoms with Crippen molar-refractivity contribution in [3.8, 4) is 0 Å². The van der Waals surface area contributed by atoms with Gasteiger partial charge in [0.1, 0.15) is 6.10 Å². The van der Waals surface area contributed by atoms with Gasteiger partial charge >= 0.3 is 0 Å². The van der Waals surface area contributed by atoms with Crippen molar-refractivity contribution in [1.29, 1.82) is 0 Å². The predicted octanol–water partition coefficient (Wildman–Crippen LogP) is 1.52. The molecule has 60 valence electrons. The van der Waals surface area contributed by atoms with Crippen LogP contribution in [-0.2, 0) is 4.79 Å². The van der Waals surface area contributed by atoms with Crippen LogP contribution in [0.3, 0.4) is 0 Å². The zero-order valence-electron chi connectivity index (χ0n) is 6.76. The van der Waals surface area contributed by atoms with Crippen molar-refractivity contribution in [2.75, 3.05) is 0 Å². The average molecular weight is 144 g/mol. The summed E-state index contributed by atoms with van der Waals surface area (Å²) in [4.78, 5) is 10.8. The molecule has 0 bridgehead atoms. The summed E-state index contributed by atoms with van der Waals surface area (Å²) < 4.78 is 0. The maximum atomic E-state index is 10.8. The molecule has 0 radical (unpaired) electrons. The van der Waals surface area contributed by atoms with Crippen molar-refractivity contribution >= 4 is 5.78 Å². The lowest BCUT2D eigenvalue weighted by molar-refractivity contribution is -0.126. The van der Waals surface area contributed by atoms with Crippen LogP contribution in [0.4, 0.5) is 0 Å². The zero-order chi connectivity index (χ0) is 7.98.